The third-order valence-corrected chi connectivity index (χ3v) is 5.77. The number of ether oxygens (including phenoxy) is 1. The van der Waals surface area contributed by atoms with E-state index in [1.807, 2.05) is 6.07 Å². The third-order valence-electron chi connectivity index (χ3n) is 5.41. The topological polar surface area (TPSA) is 70.7 Å². The standard InChI is InChI=1S/C20H28ClN3O3.ClH/c1-27-20(26)15-6-7-17(21)16(10-15)13-24-9-3-4-14(12-24)11-23-19(25)18-5-2-8-22-18;/h6-7,10,14,18,22H,2-5,8-9,11-13H2,1H3,(H,23,25);1H. The molecule has 2 fully saturated rings. The number of esters is 1. The monoisotopic (exact) mass is 429 g/mol. The average Bonchev–Trinajstić information content (AvgIpc) is 3.22. The van der Waals surface area contributed by atoms with E-state index in [1.54, 1.807) is 12.1 Å². The van der Waals surface area contributed by atoms with E-state index in [9.17, 15) is 9.59 Å². The minimum absolute atomic E-state index is 0. The number of piperidine rings is 1. The number of likely N-dealkylation sites (tertiary alicyclic amines) is 1. The fraction of sp³-hybridized carbons (Fsp3) is 0.600. The van der Waals surface area contributed by atoms with Gasteiger partial charge in [-0.2, -0.15) is 0 Å². The van der Waals surface area contributed by atoms with Gasteiger partial charge in [-0.15, -0.1) is 12.4 Å². The minimum Gasteiger partial charge on any atom is -0.465 e. The van der Waals surface area contributed by atoms with Crippen LogP contribution >= 0.6 is 24.0 Å². The summed E-state index contributed by atoms with van der Waals surface area (Å²) < 4.78 is 4.79. The van der Waals surface area contributed by atoms with Crippen molar-refractivity contribution in [2.75, 3.05) is 33.3 Å². The van der Waals surface area contributed by atoms with E-state index < -0.39 is 0 Å². The van der Waals surface area contributed by atoms with Gasteiger partial charge in [0.2, 0.25) is 5.91 Å². The molecule has 0 aliphatic carbocycles. The Bertz CT molecular complexity index is 681. The Morgan fingerprint density at radius 3 is 2.86 bits per heavy atom. The minimum atomic E-state index is -0.354. The van der Waals surface area contributed by atoms with Gasteiger partial charge in [-0.1, -0.05) is 11.6 Å². The molecule has 156 valence electrons. The van der Waals surface area contributed by atoms with E-state index in [2.05, 4.69) is 15.5 Å². The van der Waals surface area contributed by atoms with Crippen molar-refractivity contribution in [2.24, 2.45) is 5.92 Å². The molecule has 0 bridgehead atoms. The summed E-state index contributed by atoms with van der Waals surface area (Å²) in [6, 6.07) is 5.22. The molecule has 8 heteroatoms. The molecule has 3 rings (SSSR count). The number of hydrogen-bond acceptors (Lipinski definition) is 5. The number of hydrogen-bond donors (Lipinski definition) is 2. The van der Waals surface area contributed by atoms with Gasteiger partial charge in [-0.05, 0) is 68.5 Å². The second kappa shape index (κ2) is 11.0. The fourth-order valence-corrected chi connectivity index (χ4v) is 4.10. The van der Waals surface area contributed by atoms with Gasteiger partial charge in [0.15, 0.2) is 0 Å². The van der Waals surface area contributed by atoms with E-state index in [0.29, 0.717) is 29.6 Å². The van der Waals surface area contributed by atoms with Crippen molar-refractivity contribution in [3.63, 3.8) is 0 Å². The quantitative estimate of drug-likeness (QED) is 0.680. The summed E-state index contributed by atoms with van der Waals surface area (Å²) in [5, 5.41) is 7.00. The first-order valence-electron chi connectivity index (χ1n) is 9.67. The van der Waals surface area contributed by atoms with Gasteiger partial charge in [0.05, 0.1) is 18.7 Å². The van der Waals surface area contributed by atoms with E-state index >= 15 is 0 Å². The lowest BCUT2D eigenvalue weighted by Crippen LogP contribution is -2.45. The van der Waals surface area contributed by atoms with E-state index in [-0.39, 0.29) is 30.3 Å². The maximum Gasteiger partial charge on any atom is 0.337 e. The Morgan fingerprint density at radius 2 is 2.14 bits per heavy atom. The summed E-state index contributed by atoms with van der Waals surface area (Å²) in [5.74, 6) is 0.206. The summed E-state index contributed by atoms with van der Waals surface area (Å²) in [6.45, 7) is 4.24. The van der Waals surface area contributed by atoms with Crippen LogP contribution in [0.1, 0.15) is 41.6 Å². The molecule has 2 atom stereocenters. The van der Waals surface area contributed by atoms with E-state index in [0.717, 1.165) is 50.9 Å². The molecule has 1 aromatic carbocycles. The number of carbonyl (C=O) groups excluding carboxylic acids is 2. The Labute approximate surface area is 177 Å². The third kappa shape index (κ3) is 6.08. The van der Waals surface area contributed by atoms with Crippen molar-refractivity contribution < 1.29 is 14.3 Å². The Kier molecular flexibility index (Phi) is 9.02. The zero-order valence-electron chi connectivity index (χ0n) is 16.2. The summed E-state index contributed by atoms with van der Waals surface area (Å²) in [4.78, 5) is 26.3. The van der Waals surface area contributed by atoms with Crippen molar-refractivity contribution in [1.82, 2.24) is 15.5 Å². The molecule has 2 aliphatic rings. The lowest BCUT2D eigenvalue weighted by atomic mass is 9.97. The first kappa shape index (κ1) is 22.9. The van der Waals surface area contributed by atoms with Crippen molar-refractivity contribution in [3.05, 3.63) is 34.3 Å². The SMILES string of the molecule is COC(=O)c1ccc(Cl)c(CN2CCCC(CNC(=O)C3CCCN3)C2)c1.Cl. The predicted molar refractivity (Wildman–Crippen MR) is 112 cm³/mol. The van der Waals surface area contributed by atoms with E-state index in [1.165, 1.54) is 7.11 Å². The molecule has 0 saturated carbocycles. The van der Waals surface area contributed by atoms with Crippen LogP contribution in [0.5, 0.6) is 0 Å². The second-order valence-corrected chi connectivity index (χ2v) is 7.84. The molecular formula is C20H29Cl2N3O3. The molecule has 2 N–H and O–H groups in total. The molecular weight excluding hydrogens is 401 g/mol. The maximum absolute atomic E-state index is 12.2. The van der Waals surface area contributed by atoms with Gasteiger partial charge in [0, 0.05) is 24.7 Å². The van der Waals surface area contributed by atoms with Crippen LogP contribution in [0.2, 0.25) is 5.02 Å². The Morgan fingerprint density at radius 1 is 1.32 bits per heavy atom. The summed E-state index contributed by atoms with van der Waals surface area (Å²) in [6.07, 6.45) is 4.21. The molecule has 0 aromatic heterocycles. The molecule has 28 heavy (non-hydrogen) atoms. The number of carbonyl (C=O) groups is 2. The second-order valence-electron chi connectivity index (χ2n) is 7.44. The molecule has 2 saturated heterocycles. The van der Waals surface area contributed by atoms with Crippen molar-refractivity contribution in [3.8, 4) is 0 Å². The molecule has 0 radical (unpaired) electrons. The van der Waals surface area contributed by atoms with Gasteiger partial charge < -0.3 is 15.4 Å². The maximum atomic E-state index is 12.2. The van der Waals surface area contributed by atoms with Gasteiger partial charge in [-0.25, -0.2) is 4.79 Å². The highest BCUT2D eigenvalue weighted by Crippen LogP contribution is 2.23. The van der Waals surface area contributed by atoms with Gasteiger partial charge in [0.25, 0.3) is 0 Å². The molecule has 2 aliphatic heterocycles. The van der Waals surface area contributed by atoms with Crippen LogP contribution in [0.25, 0.3) is 0 Å². The van der Waals surface area contributed by atoms with Crippen LogP contribution < -0.4 is 10.6 Å². The van der Waals surface area contributed by atoms with Crippen LogP contribution in [0.4, 0.5) is 0 Å². The molecule has 1 amide bonds. The zero-order chi connectivity index (χ0) is 19.2. The molecule has 0 spiro atoms. The number of benzene rings is 1. The van der Waals surface area contributed by atoms with Crippen molar-refractivity contribution in [1.29, 1.82) is 0 Å². The highest BCUT2D eigenvalue weighted by Gasteiger charge is 2.25. The summed E-state index contributed by atoms with van der Waals surface area (Å²) in [7, 11) is 1.38. The molecule has 2 heterocycles. The number of amides is 1. The molecule has 2 unspecified atom stereocenters. The average molecular weight is 430 g/mol. The first-order chi connectivity index (χ1) is 13.1. The zero-order valence-corrected chi connectivity index (χ0v) is 17.8. The first-order valence-corrected chi connectivity index (χ1v) is 10.0. The number of methoxy groups -OCH3 is 1. The fourth-order valence-electron chi connectivity index (χ4n) is 3.92. The van der Waals surface area contributed by atoms with Crippen LogP contribution in [-0.2, 0) is 16.1 Å². The van der Waals surface area contributed by atoms with Crippen LogP contribution in [0, 0.1) is 5.92 Å². The van der Waals surface area contributed by atoms with Gasteiger partial charge >= 0.3 is 5.97 Å². The van der Waals surface area contributed by atoms with Crippen LogP contribution in [0.15, 0.2) is 18.2 Å². The normalized spacial score (nSPS) is 22.4. The summed E-state index contributed by atoms with van der Waals surface area (Å²) >= 11 is 6.33. The lowest BCUT2D eigenvalue weighted by Gasteiger charge is -2.33. The predicted octanol–water partition coefficient (Wildman–Crippen LogP) is 2.63. The van der Waals surface area contributed by atoms with Crippen LogP contribution in [-0.4, -0.2) is 56.1 Å². The van der Waals surface area contributed by atoms with Crippen LogP contribution in [0.3, 0.4) is 0 Å². The van der Waals surface area contributed by atoms with E-state index in [4.69, 9.17) is 16.3 Å². The Balaban J connectivity index is 0.00000280. The lowest BCUT2D eigenvalue weighted by molar-refractivity contribution is -0.123. The van der Waals surface area contributed by atoms with Crippen molar-refractivity contribution >= 4 is 35.9 Å². The van der Waals surface area contributed by atoms with Gasteiger partial charge in [-0.3, -0.25) is 9.69 Å². The van der Waals surface area contributed by atoms with Crippen molar-refractivity contribution in [2.45, 2.75) is 38.3 Å². The number of rotatable bonds is 6. The number of halogens is 2. The largest absolute Gasteiger partial charge is 0.465 e. The number of nitrogens with zero attached hydrogens (tertiary/aromatic N) is 1. The summed E-state index contributed by atoms with van der Waals surface area (Å²) in [5.41, 5.74) is 1.45. The number of nitrogens with one attached hydrogen (secondary N) is 2. The molecule has 6 nitrogen and oxygen atoms in total. The smallest absolute Gasteiger partial charge is 0.337 e. The highest BCUT2D eigenvalue weighted by molar-refractivity contribution is 6.31. The molecule has 1 aromatic rings. The highest BCUT2D eigenvalue weighted by atomic mass is 35.5. The van der Waals surface area contributed by atoms with Gasteiger partial charge in [0.1, 0.15) is 0 Å². The Hall–Kier alpha value is -1.34.